The van der Waals surface area contributed by atoms with Crippen molar-refractivity contribution in [1.82, 2.24) is 14.8 Å². The summed E-state index contributed by atoms with van der Waals surface area (Å²) in [5.74, 6) is 0.800. The van der Waals surface area contributed by atoms with Gasteiger partial charge >= 0.3 is 5.97 Å². The third-order valence-corrected chi connectivity index (χ3v) is 4.24. The van der Waals surface area contributed by atoms with E-state index in [-0.39, 0.29) is 0 Å². The molecule has 1 unspecified atom stereocenters. The van der Waals surface area contributed by atoms with Crippen LogP contribution in [0.5, 0.6) is 0 Å². The molecule has 1 aliphatic rings. The van der Waals surface area contributed by atoms with Crippen molar-refractivity contribution in [3.63, 3.8) is 0 Å². The number of hydrogen-bond donors (Lipinski definition) is 1. The maximum absolute atomic E-state index is 11.9. The average molecular weight is 285 g/mol. The molecule has 110 valence electrons. The molecular weight excluding hydrogens is 266 g/mol. The lowest BCUT2D eigenvalue weighted by Crippen LogP contribution is -2.35. The standard InChI is InChI=1S/C16H19N3O2/c1-11-17-18-14(19(11)13-8-9-13)10-16(2,15(20)21)12-6-4-3-5-7-12/h3-7,13H,8-10H2,1-2H3,(H,20,21). The zero-order valence-corrected chi connectivity index (χ0v) is 12.3. The minimum atomic E-state index is -0.993. The van der Waals surface area contributed by atoms with Crippen LogP contribution in [-0.2, 0) is 16.6 Å². The maximum atomic E-state index is 11.9. The van der Waals surface area contributed by atoms with Crippen molar-refractivity contribution in [2.75, 3.05) is 0 Å². The summed E-state index contributed by atoms with van der Waals surface area (Å²) in [5.41, 5.74) is -0.201. The summed E-state index contributed by atoms with van der Waals surface area (Å²) in [6, 6.07) is 9.80. The normalized spacial score (nSPS) is 17.4. The van der Waals surface area contributed by atoms with Gasteiger partial charge in [-0.15, -0.1) is 10.2 Å². The largest absolute Gasteiger partial charge is 0.481 e. The number of benzene rings is 1. The van der Waals surface area contributed by atoms with Gasteiger partial charge in [-0.2, -0.15) is 0 Å². The Balaban J connectivity index is 1.99. The smallest absolute Gasteiger partial charge is 0.314 e. The number of aliphatic carboxylic acids is 1. The van der Waals surface area contributed by atoms with Crippen molar-refractivity contribution in [3.8, 4) is 0 Å². The Morgan fingerprint density at radius 3 is 2.57 bits per heavy atom. The molecule has 1 aliphatic carbocycles. The van der Waals surface area contributed by atoms with E-state index in [1.54, 1.807) is 6.92 Å². The predicted molar refractivity (Wildman–Crippen MR) is 78.2 cm³/mol. The van der Waals surface area contributed by atoms with E-state index in [0.717, 1.165) is 30.1 Å². The Hall–Kier alpha value is -2.17. The van der Waals surface area contributed by atoms with Gasteiger partial charge in [0.1, 0.15) is 11.6 Å². The molecule has 21 heavy (non-hydrogen) atoms. The van der Waals surface area contributed by atoms with E-state index in [1.165, 1.54) is 0 Å². The van der Waals surface area contributed by atoms with Crippen LogP contribution in [0.4, 0.5) is 0 Å². The molecule has 1 N–H and O–H groups in total. The van der Waals surface area contributed by atoms with Crippen LogP contribution >= 0.6 is 0 Å². The van der Waals surface area contributed by atoms with Gasteiger partial charge in [-0.1, -0.05) is 30.3 Å². The van der Waals surface area contributed by atoms with Crippen LogP contribution < -0.4 is 0 Å². The Kier molecular flexibility index (Phi) is 3.27. The van der Waals surface area contributed by atoms with Crippen molar-refractivity contribution in [3.05, 3.63) is 47.5 Å². The molecule has 0 saturated heterocycles. The number of rotatable bonds is 5. The third-order valence-electron chi connectivity index (χ3n) is 4.24. The van der Waals surface area contributed by atoms with Gasteiger partial charge < -0.3 is 9.67 Å². The lowest BCUT2D eigenvalue weighted by atomic mass is 9.79. The maximum Gasteiger partial charge on any atom is 0.314 e. The number of carbonyl (C=O) groups is 1. The summed E-state index contributed by atoms with van der Waals surface area (Å²) in [7, 11) is 0. The molecule has 0 radical (unpaired) electrons. The molecule has 1 atom stereocenters. The van der Waals surface area contributed by atoms with Crippen LogP contribution in [0.15, 0.2) is 30.3 Å². The van der Waals surface area contributed by atoms with Gasteiger partial charge in [0.25, 0.3) is 0 Å². The first kappa shape index (κ1) is 13.8. The van der Waals surface area contributed by atoms with Crippen molar-refractivity contribution in [2.45, 2.75) is 44.6 Å². The number of hydrogen-bond acceptors (Lipinski definition) is 3. The molecule has 0 spiro atoms. The molecule has 0 bridgehead atoms. The Labute approximate surface area is 123 Å². The molecule has 0 amide bonds. The van der Waals surface area contributed by atoms with E-state index in [1.807, 2.05) is 37.3 Å². The van der Waals surface area contributed by atoms with E-state index in [4.69, 9.17) is 0 Å². The third kappa shape index (κ3) is 2.44. The fourth-order valence-corrected chi connectivity index (χ4v) is 2.76. The van der Waals surface area contributed by atoms with Crippen molar-refractivity contribution in [1.29, 1.82) is 0 Å². The van der Waals surface area contributed by atoms with Gasteiger partial charge in [0.05, 0.1) is 5.41 Å². The first-order chi connectivity index (χ1) is 10.0. The summed E-state index contributed by atoms with van der Waals surface area (Å²) < 4.78 is 2.10. The Morgan fingerprint density at radius 2 is 2.00 bits per heavy atom. The molecule has 5 nitrogen and oxygen atoms in total. The van der Waals surface area contributed by atoms with Crippen LogP contribution in [-0.4, -0.2) is 25.8 Å². The number of aryl methyl sites for hydroxylation is 1. The molecule has 1 aromatic heterocycles. The number of nitrogens with zero attached hydrogens (tertiary/aromatic N) is 3. The zero-order valence-electron chi connectivity index (χ0n) is 12.3. The fourth-order valence-electron chi connectivity index (χ4n) is 2.76. The van der Waals surface area contributed by atoms with Gasteiger partial charge in [0.2, 0.25) is 0 Å². The van der Waals surface area contributed by atoms with Crippen LogP contribution in [0.3, 0.4) is 0 Å². The SMILES string of the molecule is Cc1nnc(CC(C)(C(=O)O)c2ccccc2)n1C1CC1. The number of carboxylic acids is 1. The first-order valence-corrected chi connectivity index (χ1v) is 7.21. The highest BCUT2D eigenvalue weighted by Crippen LogP contribution is 2.38. The van der Waals surface area contributed by atoms with Crippen molar-refractivity contribution < 1.29 is 9.90 Å². The molecule has 3 rings (SSSR count). The summed E-state index contributed by atoms with van der Waals surface area (Å²) in [6.07, 6.45) is 2.60. The van der Waals surface area contributed by atoms with E-state index in [9.17, 15) is 9.90 Å². The average Bonchev–Trinajstić information content (AvgIpc) is 3.24. The van der Waals surface area contributed by atoms with Gasteiger partial charge in [0, 0.05) is 12.5 Å². The molecule has 1 aromatic carbocycles. The number of aromatic nitrogens is 3. The topological polar surface area (TPSA) is 68.0 Å². The minimum absolute atomic E-state index is 0.351. The zero-order chi connectivity index (χ0) is 15.0. The molecule has 0 aliphatic heterocycles. The highest BCUT2D eigenvalue weighted by Gasteiger charge is 2.38. The summed E-state index contributed by atoms with van der Waals surface area (Å²) in [6.45, 7) is 3.68. The first-order valence-electron chi connectivity index (χ1n) is 7.21. The molecular formula is C16H19N3O2. The van der Waals surface area contributed by atoms with E-state index < -0.39 is 11.4 Å². The molecule has 5 heteroatoms. The Morgan fingerprint density at radius 1 is 1.33 bits per heavy atom. The second-order valence-electron chi connectivity index (χ2n) is 5.94. The van der Waals surface area contributed by atoms with Crippen LogP contribution in [0.1, 0.15) is 43.0 Å². The van der Waals surface area contributed by atoms with Crippen molar-refractivity contribution >= 4 is 5.97 Å². The lowest BCUT2D eigenvalue weighted by molar-refractivity contribution is -0.143. The Bertz CT molecular complexity index is 661. The van der Waals surface area contributed by atoms with Crippen LogP contribution in [0.25, 0.3) is 0 Å². The predicted octanol–water partition coefficient (Wildman–Crippen LogP) is 2.51. The molecule has 1 fully saturated rings. The molecule has 2 aromatic rings. The monoisotopic (exact) mass is 285 g/mol. The minimum Gasteiger partial charge on any atom is -0.481 e. The van der Waals surface area contributed by atoms with Gasteiger partial charge in [-0.3, -0.25) is 4.79 Å². The van der Waals surface area contributed by atoms with E-state index in [0.29, 0.717) is 12.5 Å². The number of carboxylic acid groups (broad SMARTS) is 1. The van der Waals surface area contributed by atoms with E-state index in [2.05, 4.69) is 14.8 Å². The van der Waals surface area contributed by atoms with Gasteiger partial charge in [-0.25, -0.2) is 0 Å². The fraction of sp³-hybridized carbons (Fsp3) is 0.438. The second kappa shape index (κ2) is 4.98. The highest BCUT2D eigenvalue weighted by atomic mass is 16.4. The molecule has 1 saturated carbocycles. The summed E-state index contributed by atoms with van der Waals surface area (Å²) in [5, 5.41) is 18.1. The molecule has 1 heterocycles. The van der Waals surface area contributed by atoms with Gasteiger partial charge in [0.15, 0.2) is 0 Å². The van der Waals surface area contributed by atoms with Crippen LogP contribution in [0, 0.1) is 6.92 Å². The van der Waals surface area contributed by atoms with Crippen LogP contribution in [0.2, 0.25) is 0 Å². The van der Waals surface area contributed by atoms with Crippen molar-refractivity contribution in [2.24, 2.45) is 0 Å². The van der Waals surface area contributed by atoms with Gasteiger partial charge in [-0.05, 0) is 32.3 Å². The summed E-state index contributed by atoms with van der Waals surface area (Å²) in [4.78, 5) is 11.9. The second-order valence-corrected chi connectivity index (χ2v) is 5.94. The highest BCUT2D eigenvalue weighted by molar-refractivity contribution is 5.81. The van der Waals surface area contributed by atoms with E-state index >= 15 is 0 Å². The summed E-state index contributed by atoms with van der Waals surface area (Å²) >= 11 is 0. The quantitative estimate of drug-likeness (QED) is 0.916. The lowest BCUT2D eigenvalue weighted by Gasteiger charge is -2.25.